The molecule has 3 atom stereocenters. The van der Waals surface area contributed by atoms with Gasteiger partial charge in [0.2, 0.25) is 0 Å². The van der Waals surface area contributed by atoms with Gasteiger partial charge in [0.1, 0.15) is 0 Å². The highest BCUT2D eigenvalue weighted by molar-refractivity contribution is 9.10. The molecule has 0 saturated heterocycles. The van der Waals surface area contributed by atoms with Gasteiger partial charge in [0.05, 0.1) is 11.7 Å². The fourth-order valence-corrected chi connectivity index (χ4v) is 4.60. The van der Waals surface area contributed by atoms with Gasteiger partial charge < -0.3 is 5.32 Å². The Morgan fingerprint density at radius 1 is 0.929 bits per heavy atom. The van der Waals surface area contributed by atoms with E-state index < -0.39 is 0 Å². The normalized spacial score (nSPS) is 22.7. The number of para-hydroxylation sites is 1. The first-order chi connectivity index (χ1) is 13.8. The lowest BCUT2D eigenvalue weighted by molar-refractivity contribution is 0.425. The monoisotopic (exact) mass is 428 g/mol. The SMILES string of the molecule is Brc1ccc(C=Nc2ccc([C@@H]3Nc4ccccc4[C@H]4C=CC[C@H]43)cc2)cc1. The van der Waals surface area contributed by atoms with E-state index in [4.69, 9.17) is 0 Å². The van der Waals surface area contributed by atoms with Crippen molar-refractivity contribution in [2.24, 2.45) is 10.9 Å². The summed E-state index contributed by atoms with van der Waals surface area (Å²) in [5, 5.41) is 3.78. The number of nitrogens with one attached hydrogen (secondary N) is 1. The fourth-order valence-electron chi connectivity index (χ4n) is 4.34. The second kappa shape index (κ2) is 7.40. The molecule has 3 heteroatoms. The van der Waals surface area contributed by atoms with Crippen LogP contribution in [0.2, 0.25) is 0 Å². The fraction of sp³-hybridized carbons (Fsp3) is 0.160. The maximum Gasteiger partial charge on any atom is 0.0630 e. The Bertz CT molecular complexity index is 1030. The van der Waals surface area contributed by atoms with Crippen LogP contribution in [0.4, 0.5) is 11.4 Å². The predicted molar refractivity (Wildman–Crippen MR) is 121 cm³/mol. The van der Waals surface area contributed by atoms with Crippen molar-refractivity contribution < 1.29 is 0 Å². The average Bonchev–Trinajstić information content (AvgIpc) is 3.23. The third kappa shape index (κ3) is 3.31. The topological polar surface area (TPSA) is 24.4 Å². The average molecular weight is 429 g/mol. The van der Waals surface area contributed by atoms with E-state index in [1.165, 1.54) is 16.8 Å². The molecule has 0 radical (unpaired) electrons. The number of aliphatic imine (C=N–C) groups is 1. The van der Waals surface area contributed by atoms with Crippen molar-refractivity contribution in [1.82, 2.24) is 0 Å². The van der Waals surface area contributed by atoms with Gasteiger partial charge in [-0.1, -0.05) is 70.5 Å². The standard InChI is InChI=1S/C25H21BrN2/c26-19-12-8-17(9-13-19)16-27-20-14-10-18(11-15-20)25-23-6-3-5-21(23)22-4-1-2-7-24(22)28-25/h1-5,7-16,21,23,25,28H,6H2/t21-,23-,25+/m1/s1. The molecule has 1 aliphatic heterocycles. The number of fused-ring (bicyclic) bond motifs is 3. The van der Waals surface area contributed by atoms with Crippen LogP contribution in [0.3, 0.4) is 0 Å². The highest BCUT2D eigenvalue weighted by atomic mass is 79.9. The molecule has 0 fully saturated rings. The highest BCUT2D eigenvalue weighted by Gasteiger charge is 2.37. The van der Waals surface area contributed by atoms with Gasteiger partial charge in [0.25, 0.3) is 0 Å². The molecule has 5 rings (SSSR count). The van der Waals surface area contributed by atoms with Gasteiger partial charge in [0.15, 0.2) is 0 Å². The zero-order valence-corrected chi connectivity index (χ0v) is 17.0. The molecule has 2 nitrogen and oxygen atoms in total. The number of allylic oxidation sites excluding steroid dienone is 2. The maximum atomic E-state index is 4.62. The van der Waals surface area contributed by atoms with Gasteiger partial charge in [-0.3, -0.25) is 4.99 Å². The molecule has 3 aromatic carbocycles. The molecule has 1 heterocycles. The summed E-state index contributed by atoms with van der Waals surface area (Å²) in [4.78, 5) is 4.62. The molecule has 0 spiro atoms. The van der Waals surface area contributed by atoms with Crippen LogP contribution in [0.5, 0.6) is 0 Å². The molecule has 2 aliphatic rings. The lowest BCUT2D eigenvalue weighted by Crippen LogP contribution is -2.28. The number of benzene rings is 3. The minimum Gasteiger partial charge on any atom is -0.378 e. The maximum absolute atomic E-state index is 4.62. The van der Waals surface area contributed by atoms with Crippen molar-refractivity contribution in [3.05, 3.63) is 106 Å². The number of anilines is 1. The molecule has 0 amide bonds. The Hall–Kier alpha value is -2.65. The largest absolute Gasteiger partial charge is 0.378 e. The van der Waals surface area contributed by atoms with Crippen LogP contribution in [0.25, 0.3) is 0 Å². The van der Waals surface area contributed by atoms with Crippen LogP contribution in [0.15, 0.2) is 94.4 Å². The summed E-state index contributed by atoms with van der Waals surface area (Å²) in [5.74, 6) is 1.09. The first-order valence-electron chi connectivity index (χ1n) is 9.70. The van der Waals surface area contributed by atoms with E-state index in [1.807, 2.05) is 18.3 Å². The quantitative estimate of drug-likeness (QED) is 0.351. The molecule has 0 saturated carbocycles. The van der Waals surface area contributed by atoms with E-state index in [1.54, 1.807) is 0 Å². The van der Waals surface area contributed by atoms with E-state index >= 15 is 0 Å². The number of nitrogens with zero attached hydrogens (tertiary/aromatic N) is 1. The summed E-state index contributed by atoms with van der Waals surface area (Å²) in [7, 11) is 0. The third-order valence-electron chi connectivity index (χ3n) is 5.76. The van der Waals surface area contributed by atoms with Crippen molar-refractivity contribution in [2.45, 2.75) is 18.4 Å². The Labute approximate surface area is 174 Å². The smallest absolute Gasteiger partial charge is 0.0630 e. The van der Waals surface area contributed by atoms with E-state index in [-0.39, 0.29) is 0 Å². The summed E-state index contributed by atoms with van der Waals surface area (Å²) in [5.41, 5.74) is 6.09. The zero-order valence-electron chi connectivity index (χ0n) is 15.4. The molecule has 1 N–H and O–H groups in total. The Kier molecular flexibility index (Phi) is 4.61. The van der Waals surface area contributed by atoms with E-state index in [2.05, 4.69) is 99.1 Å². The van der Waals surface area contributed by atoms with Crippen LogP contribution in [0, 0.1) is 5.92 Å². The molecule has 138 valence electrons. The Morgan fingerprint density at radius 3 is 2.54 bits per heavy atom. The van der Waals surface area contributed by atoms with Crippen molar-refractivity contribution in [2.75, 3.05) is 5.32 Å². The molecular weight excluding hydrogens is 408 g/mol. The summed E-state index contributed by atoms with van der Waals surface area (Å²) >= 11 is 3.46. The lowest BCUT2D eigenvalue weighted by atomic mass is 9.77. The van der Waals surface area contributed by atoms with Gasteiger partial charge in [-0.25, -0.2) is 0 Å². The number of halogens is 1. The van der Waals surface area contributed by atoms with E-state index in [0.717, 1.165) is 22.1 Å². The second-order valence-electron chi connectivity index (χ2n) is 7.46. The van der Waals surface area contributed by atoms with Crippen LogP contribution < -0.4 is 5.32 Å². The minimum atomic E-state index is 0.333. The zero-order chi connectivity index (χ0) is 18.9. The van der Waals surface area contributed by atoms with Crippen molar-refractivity contribution >= 4 is 33.5 Å². The minimum absolute atomic E-state index is 0.333. The van der Waals surface area contributed by atoms with Crippen molar-refractivity contribution in [3.63, 3.8) is 0 Å². The first kappa shape index (κ1) is 17.4. The molecule has 28 heavy (non-hydrogen) atoms. The number of hydrogen-bond acceptors (Lipinski definition) is 2. The molecular formula is C25H21BrN2. The van der Waals surface area contributed by atoms with E-state index in [0.29, 0.717) is 17.9 Å². The van der Waals surface area contributed by atoms with E-state index in [9.17, 15) is 0 Å². The van der Waals surface area contributed by atoms with Crippen molar-refractivity contribution in [1.29, 1.82) is 0 Å². The van der Waals surface area contributed by atoms with Gasteiger partial charge in [0, 0.05) is 22.3 Å². The van der Waals surface area contributed by atoms with Crippen LogP contribution in [0.1, 0.15) is 35.1 Å². The van der Waals surface area contributed by atoms with Crippen LogP contribution in [-0.4, -0.2) is 6.21 Å². The summed E-state index contributed by atoms with van der Waals surface area (Å²) < 4.78 is 1.08. The van der Waals surface area contributed by atoms with Crippen LogP contribution >= 0.6 is 15.9 Å². The van der Waals surface area contributed by atoms with Crippen molar-refractivity contribution in [3.8, 4) is 0 Å². The van der Waals surface area contributed by atoms with Gasteiger partial charge in [-0.15, -0.1) is 0 Å². The van der Waals surface area contributed by atoms with Gasteiger partial charge >= 0.3 is 0 Å². The highest BCUT2D eigenvalue weighted by Crippen LogP contribution is 2.49. The molecule has 0 aromatic heterocycles. The predicted octanol–water partition coefficient (Wildman–Crippen LogP) is 7.03. The molecule has 0 bridgehead atoms. The molecule has 3 aromatic rings. The van der Waals surface area contributed by atoms with Gasteiger partial charge in [-0.05, 0) is 59.4 Å². The molecule has 1 aliphatic carbocycles. The second-order valence-corrected chi connectivity index (χ2v) is 8.38. The Balaban J connectivity index is 1.38. The summed E-state index contributed by atoms with van der Waals surface area (Å²) in [6.45, 7) is 0. The molecule has 0 unspecified atom stereocenters. The van der Waals surface area contributed by atoms with Crippen LogP contribution in [-0.2, 0) is 0 Å². The number of rotatable bonds is 3. The first-order valence-corrected chi connectivity index (χ1v) is 10.5. The summed E-state index contributed by atoms with van der Waals surface area (Å²) in [6.07, 6.45) is 7.75. The number of hydrogen-bond donors (Lipinski definition) is 1. The summed E-state index contributed by atoms with van der Waals surface area (Å²) in [6, 6.07) is 25.9. The van der Waals surface area contributed by atoms with Gasteiger partial charge in [-0.2, -0.15) is 0 Å². The third-order valence-corrected chi connectivity index (χ3v) is 6.29. The Morgan fingerprint density at radius 2 is 1.71 bits per heavy atom. The lowest BCUT2D eigenvalue weighted by Gasteiger charge is -2.37.